The molecule has 8 nitrogen and oxygen atoms in total. The van der Waals surface area contributed by atoms with Crippen LogP contribution in [0.1, 0.15) is 12.8 Å². The third-order valence-corrected chi connectivity index (χ3v) is 5.77. The minimum absolute atomic E-state index is 0.308. The molecule has 1 fully saturated rings. The van der Waals surface area contributed by atoms with Crippen molar-refractivity contribution >= 4 is 34.2 Å². The van der Waals surface area contributed by atoms with Crippen molar-refractivity contribution in [2.24, 2.45) is 5.41 Å². The molecule has 0 radical (unpaired) electrons. The molecule has 34 heavy (non-hydrogen) atoms. The molecule has 0 saturated heterocycles. The zero-order valence-corrected chi connectivity index (χ0v) is 18.4. The van der Waals surface area contributed by atoms with E-state index in [2.05, 4.69) is 20.6 Å². The Labute approximate surface area is 196 Å². The zero-order valence-electron chi connectivity index (χ0n) is 18.4. The van der Waals surface area contributed by atoms with E-state index in [1.165, 1.54) is 6.20 Å². The van der Waals surface area contributed by atoms with E-state index in [1.54, 1.807) is 43.6 Å². The Morgan fingerprint density at radius 3 is 2.35 bits per heavy atom. The Kier molecular flexibility index (Phi) is 5.55. The molecular weight excluding hydrogens is 432 g/mol. The van der Waals surface area contributed by atoms with Crippen LogP contribution in [0.25, 0.3) is 10.9 Å². The lowest BCUT2D eigenvalue weighted by Crippen LogP contribution is -2.35. The number of nitrogens with zero attached hydrogens (tertiary/aromatic N) is 2. The number of aromatic nitrogens is 2. The number of rotatable bonds is 7. The summed E-state index contributed by atoms with van der Waals surface area (Å²) in [4.78, 5) is 34.2. The quantitative estimate of drug-likeness (QED) is 0.389. The third kappa shape index (κ3) is 4.25. The van der Waals surface area contributed by atoms with Crippen LogP contribution in [0.2, 0.25) is 0 Å². The Bertz CT molecular complexity index is 1350. The number of para-hydroxylation sites is 1. The van der Waals surface area contributed by atoms with E-state index in [1.807, 2.05) is 36.4 Å². The summed E-state index contributed by atoms with van der Waals surface area (Å²) in [5.41, 5.74) is 0.342. The molecule has 0 bridgehead atoms. The Balaban J connectivity index is 1.26. The largest absolute Gasteiger partial charge is 0.497 e. The molecule has 0 atom stereocenters. The highest BCUT2D eigenvalue weighted by molar-refractivity contribution is 6.16. The molecule has 5 rings (SSSR count). The molecule has 2 amide bonds. The molecular formula is C26H22N4O4. The first kappa shape index (κ1) is 21.4. The van der Waals surface area contributed by atoms with Crippen molar-refractivity contribution < 1.29 is 19.1 Å². The summed E-state index contributed by atoms with van der Waals surface area (Å²) in [5.74, 6) is 1.52. The van der Waals surface area contributed by atoms with E-state index >= 15 is 0 Å². The number of methoxy groups -OCH3 is 1. The summed E-state index contributed by atoms with van der Waals surface area (Å²) in [7, 11) is 1.61. The molecule has 1 aliphatic carbocycles. The van der Waals surface area contributed by atoms with Crippen molar-refractivity contribution in [2.75, 3.05) is 17.7 Å². The molecule has 170 valence electrons. The second-order valence-corrected chi connectivity index (χ2v) is 8.03. The van der Waals surface area contributed by atoms with Crippen LogP contribution in [0, 0.1) is 5.41 Å². The van der Waals surface area contributed by atoms with Crippen molar-refractivity contribution in [1.82, 2.24) is 9.97 Å². The van der Waals surface area contributed by atoms with Crippen molar-refractivity contribution in [3.05, 3.63) is 79.1 Å². The second-order valence-electron chi connectivity index (χ2n) is 8.03. The number of hydrogen-bond acceptors (Lipinski definition) is 6. The van der Waals surface area contributed by atoms with Gasteiger partial charge in [0.15, 0.2) is 0 Å². The molecule has 2 aromatic heterocycles. The maximum atomic E-state index is 12.8. The molecule has 2 heterocycles. The summed E-state index contributed by atoms with van der Waals surface area (Å²) in [6.45, 7) is 0. The standard InChI is InChI=1S/C26H22N4O4/c1-33-18-7-9-20-21(15-18)27-14-11-22(20)34-19-8-10-23(28-16-19)30-25(32)26(12-13-26)24(31)29-17-5-3-2-4-6-17/h2-11,14-16H,12-13H2,1H3,(H,29,31)(H,28,30,32). The molecule has 8 heteroatoms. The molecule has 1 saturated carbocycles. The average molecular weight is 454 g/mol. The van der Waals surface area contributed by atoms with Gasteiger partial charge in [-0.1, -0.05) is 18.2 Å². The number of carbonyl (C=O) groups excluding carboxylic acids is 2. The molecule has 2 N–H and O–H groups in total. The topological polar surface area (TPSA) is 102 Å². The summed E-state index contributed by atoms with van der Waals surface area (Å²) < 4.78 is 11.2. The summed E-state index contributed by atoms with van der Waals surface area (Å²) in [5, 5.41) is 6.40. The first-order chi connectivity index (χ1) is 16.6. The smallest absolute Gasteiger partial charge is 0.241 e. The highest BCUT2D eigenvalue weighted by atomic mass is 16.5. The van der Waals surface area contributed by atoms with Gasteiger partial charge >= 0.3 is 0 Å². The number of fused-ring (bicyclic) bond motifs is 1. The van der Waals surface area contributed by atoms with E-state index in [0.29, 0.717) is 41.6 Å². The van der Waals surface area contributed by atoms with Gasteiger partial charge < -0.3 is 20.1 Å². The van der Waals surface area contributed by atoms with Gasteiger partial charge in [0.1, 0.15) is 28.5 Å². The second kappa shape index (κ2) is 8.82. The van der Waals surface area contributed by atoms with Crippen LogP contribution in [-0.2, 0) is 9.59 Å². The number of ether oxygens (including phenoxy) is 2. The van der Waals surface area contributed by atoms with Crippen molar-refractivity contribution in [1.29, 1.82) is 0 Å². The lowest BCUT2D eigenvalue weighted by Gasteiger charge is -2.15. The van der Waals surface area contributed by atoms with Gasteiger partial charge in [0.25, 0.3) is 0 Å². The summed E-state index contributed by atoms with van der Waals surface area (Å²) in [6, 6.07) is 19.8. The van der Waals surface area contributed by atoms with Gasteiger partial charge in [0, 0.05) is 23.3 Å². The predicted octanol–water partition coefficient (Wildman–Crippen LogP) is 4.79. The van der Waals surface area contributed by atoms with Gasteiger partial charge in [-0.05, 0) is 55.3 Å². The van der Waals surface area contributed by atoms with Gasteiger partial charge in [-0.2, -0.15) is 0 Å². The zero-order chi connectivity index (χ0) is 23.5. The molecule has 0 aliphatic heterocycles. The van der Waals surface area contributed by atoms with E-state index in [4.69, 9.17) is 9.47 Å². The SMILES string of the molecule is COc1ccc2c(Oc3ccc(NC(=O)C4(C(=O)Nc5ccccc5)CC4)nc3)ccnc2c1. The maximum absolute atomic E-state index is 12.8. The van der Waals surface area contributed by atoms with Crippen LogP contribution >= 0.6 is 0 Å². The fourth-order valence-corrected chi connectivity index (χ4v) is 3.65. The molecule has 2 aromatic carbocycles. The monoisotopic (exact) mass is 454 g/mol. The van der Waals surface area contributed by atoms with E-state index in [0.717, 1.165) is 10.9 Å². The van der Waals surface area contributed by atoms with Gasteiger partial charge in [0.2, 0.25) is 11.8 Å². The fraction of sp³-hybridized carbons (Fsp3) is 0.154. The fourth-order valence-electron chi connectivity index (χ4n) is 3.65. The van der Waals surface area contributed by atoms with Gasteiger partial charge in [-0.25, -0.2) is 4.98 Å². The van der Waals surface area contributed by atoms with E-state index in [9.17, 15) is 9.59 Å². The number of nitrogens with one attached hydrogen (secondary N) is 2. The van der Waals surface area contributed by atoms with Crippen molar-refractivity contribution in [3.8, 4) is 17.2 Å². The first-order valence-electron chi connectivity index (χ1n) is 10.8. The lowest BCUT2D eigenvalue weighted by molar-refractivity contribution is -0.131. The van der Waals surface area contributed by atoms with Crippen LogP contribution in [0.3, 0.4) is 0 Å². The number of carbonyl (C=O) groups is 2. The molecule has 0 spiro atoms. The highest BCUT2D eigenvalue weighted by Crippen LogP contribution is 2.47. The average Bonchev–Trinajstić information content (AvgIpc) is 3.68. The number of benzene rings is 2. The van der Waals surface area contributed by atoms with E-state index in [-0.39, 0.29) is 11.8 Å². The highest BCUT2D eigenvalue weighted by Gasteiger charge is 2.56. The first-order valence-corrected chi connectivity index (χ1v) is 10.8. The summed E-state index contributed by atoms with van der Waals surface area (Å²) >= 11 is 0. The van der Waals surface area contributed by atoms with Crippen LogP contribution < -0.4 is 20.1 Å². The predicted molar refractivity (Wildman–Crippen MR) is 128 cm³/mol. The summed E-state index contributed by atoms with van der Waals surface area (Å²) in [6.07, 6.45) is 4.18. The van der Waals surface area contributed by atoms with Gasteiger partial charge in [-0.15, -0.1) is 0 Å². The maximum Gasteiger partial charge on any atom is 0.241 e. The normalized spacial score (nSPS) is 13.7. The van der Waals surface area contributed by atoms with Crippen LogP contribution in [0.5, 0.6) is 17.2 Å². The van der Waals surface area contributed by atoms with Crippen LogP contribution in [-0.4, -0.2) is 28.9 Å². The van der Waals surface area contributed by atoms with Gasteiger partial charge in [0.05, 0.1) is 18.8 Å². The van der Waals surface area contributed by atoms with Gasteiger partial charge in [-0.3, -0.25) is 14.6 Å². The number of amides is 2. The Hall–Kier alpha value is -4.46. The molecule has 4 aromatic rings. The number of anilines is 2. The van der Waals surface area contributed by atoms with E-state index < -0.39 is 5.41 Å². The third-order valence-electron chi connectivity index (χ3n) is 5.77. The van der Waals surface area contributed by atoms with Crippen molar-refractivity contribution in [2.45, 2.75) is 12.8 Å². The number of hydrogen-bond donors (Lipinski definition) is 2. The Morgan fingerprint density at radius 1 is 0.882 bits per heavy atom. The minimum Gasteiger partial charge on any atom is -0.497 e. The van der Waals surface area contributed by atoms with Crippen molar-refractivity contribution in [3.63, 3.8) is 0 Å². The van der Waals surface area contributed by atoms with Crippen LogP contribution in [0.15, 0.2) is 79.1 Å². The molecule has 1 aliphatic rings. The molecule has 0 unspecified atom stereocenters. The Morgan fingerprint density at radius 2 is 1.65 bits per heavy atom. The number of pyridine rings is 2. The lowest BCUT2D eigenvalue weighted by atomic mass is 10.1. The minimum atomic E-state index is -1.07. The van der Waals surface area contributed by atoms with Crippen LogP contribution in [0.4, 0.5) is 11.5 Å².